The summed E-state index contributed by atoms with van der Waals surface area (Å²) in [6, 6.07) is 3.65. The minimum atomic E-state index is -0.0360. The van der Waals surface area contributed by atoms with Gasteiger partial charge in [0.2, 0.25) is 0 Å². The minimum absolute atomic E-state index is 0.0360. The first kappa shape index (κ1) is 15.8. The molecule has 0 N–H and O–H groups in total. The largest absolute Gasteiger partial charge is 0.472 e. The summed E-state index contributed by atoms with van der Waals surface area (Å²) in [6.07, 6.45) is 3.91. The zero-order valence-corrected chi connectivity index (χ0v) is 14.2. The quantitative estimate of drug-likeness (QED) is 0.868. The van der Waals surface area contributed by atoms with Crippen molar-refractivity contribution in [2.24, 2.45) is 0 Å². The van der Waals surface area contributed by atoms with Crippen molar-refractivity contribution >= 4 is 23.2 Å². The van der Waals surface area contributed by atoms with Crippen LogP contribution in [0.25, 0.3) is 0 Å². The zero-order chi connectivity index (χ0) is 16.4. The average Bonchev–Trinajstić information content (AvgIpc) is 3.23. The molecule has 0 atom stereocenters. The van der Waals surface area contributed by atoms with E-state index in [2.05, 4.69) is 6.92 Å². The van der Waals surface area contributed by atoms with Crippen LogP contribution in [0.1, 0.15) is 37.4 Å². The van der Waals surface area contributed by atoms with Crippen molar-refractivity contribution in [3.63, 3.8) is 0 Å². The molecular formula is C17H20N2O3S. The van der Waals surface area contributed by atoms with Gasteiger partial charge in [-0.15, -0.1) is 11.3 Å². The van der Waals surface area contributed by atoms with Gasteiger partial charge in [0, 0.05) is 31.1 Å². The SMILES string of the molecule is CCc1sc(C(=O)N2CCN(C(=O)c3ccoc3)CC2)cc1C. The number of hydrogen-bond donors (Lipinski definition) is 0. The van der Waals surface area contributed by atoms with Crippen LogP contribution in [0.3, 0.4) is 0 Å². The van der Waals surface area contributed by atoms with E-state index in [9.17, 15) is 9.59 Å². The number of aryl methyl sites for hydroxylation is 2. The summed E-state index contributed by atoms with van der Waals surface area (Å²) in [5, 5.41) is 0. The molecule has 0 radical (unpaired) electrons. The van der Waals surface area contributed by atoms with Gasteiger partial charge in [-0.3, -0.25) is 9.59 Å². The predicted molar refractivity (Wildman–Crippen MR) is 88.9 cm³/mol. The molecule has 0 aliphatic carbocycles. The lowest BCUT2D eigenvalue weighted by Crippen LogP contribution is -2.50. The number of carbonyl (C=O) groups is 2. The number of piperazine rings is 1. The molecule has 6 heteroatoms. The first-order valence-corrected chi connectivity index (χ1v) is 8.62. The highest BCUT2D eigenvalue weighted by Gasteiger charge is 2.26. The van der Waals surface area contributed by atoms with Crippen molar-refractivity contribution in [2.75, 3.05) is 26.2 Å². The second-order valence-electron chi connectivity index (χ2n) is 5.67. The molecule has 0 aromatic carbocycles. The monoisotopic (exact) mass is 332 g/mol. The number of hydrogen-bond acceptors (Lipinski definition) is 4. The van der Waals surface area contributed by atoms with Crippen LogP contribution in [0, 0.1) is 6.92 Å². The number of carbonyl (C=O) groups excluding carboxylic acids is 2. The maximum absolute atomic E-state index is 12.6. The van der Waals surface area contributed by atoms with Crippen LogP contribution in [0.4, 0.5) is 0 Å². The fourth-order valence-electron chi connectivity index (χ4n) is 2.81. The van der Waals surface area contributed by atoms with Gasteiger partial charge < -0.3 is 14.2 Å². The Labute approximate surface area is 139 Å². The molecule has 2 aromatic rings. The van der Waals surface area contributed by atoms with Crippen LogP contribution in [-0.4, -0.2) is 47.8 Å². The number of furan rings is 1. The highest BCUT2D eigenvalue weighted by molar-refractivity contribution is 7.14. The third kappa shape index (κ3) is 3.17. The number of thiophene rings is 1. The summed E-state index contributed by atoms with van der Waals surface area (Å²) in [7, 11) is 0. The lowest BCUT2D eigenvalue weighted by molar-refractivity contribution is 0.0537. The molecular weight excluding hydrogens is 312 g/mol. The molecule has 0 unspecified atom stereocenters. The topological polar surface area (TPSA) is 53.8 Å². The van der Waals surface area contributed by atoms with E-state index in [1.54, 1.807) is 22.3 Å². The highest BCUT2D eigenvalue weighted by atomic mass is 32.1. The molecule has 0 saturated carbocycles. The van der Waals surface area contributed by atoms with Crippen molar-refractivity contribution in [1.29, 1.82) is 0 Å². The first-order valence-electron chi connectivity index (χ1n) is 7.80. The van der Waals surface area contributed by atoms with Crippen LogP contribution >= 0.6 is 11.3 Å². The van der Waals surface area contributed by atoms with Gasteiger partial charge in [-0.05, 0) is 31.0 Å². The maximum atomic E-state index is 12.6. The Morgan fingerprint density at radius 3 is 2.35 bits per heavy atom. The summed E-state index contributed by atoms with van der Waals surface area (Å²) in [5.41, 5.74) is 1.75. The molecule has 1 aliphatic rings. The van der Waals surface area contributed by atoms with Gasteiger partial charge in [-0.25, -0.2) is 0 Å². The zero-order valence-electron chi connectivity index (χ0n) is 13.4. The Kier molecular flexibility index (Phi) is 4.52. The average molecular weight is 332 g/mol. The second-order valence-corrected chi connectivity index (χ2v) is 6.80. The number of rotatable bonds is 3. The van der Waals surface area contributed by atoms with Gasteiger partial charge in [0.15, 0.2) is 0 Å². The molecule has 2 amide bonds. The van der Waals surface area contributed by atoms with E-state index in [1.807, 2.05) is 17.9 Å². The molecule has 3 heterocycles. The van der Waals surface area contributed by atoms with Crippen molar-refractivity contribution < 1.29 is 14.0 Å². The third-order valence-corrected chi connectivity index (χ3v) is 5.54. The van der Waals surface area contributed by atoms with Gasteiger partial charge >= 0.3 is 0 Å². The summed E-state index contributed by atoms with van der Waals surface area (Å²) in [4.78, 5) is 30.5. The molecule has 2 aromatic heterocycles. The van der Waals surface area contributed by atoms with Gasteiger partial charge in [0.1, 0.15) is 6.26 Å². The van der Waals surface area contributed by atoms with Crippen molar-refractivity contribution in [2.45, 2.75) is 20.3 Å². The standard InChI is InChI=1S/C17H20N2O3S/c1-3-14-12(2)10-15(23-14)17(21)19-7-5-18(6-8-19)16(20)13-4-9-22-11-13/h4,9-11H,3,5-8H2,1-2H3. The van der Waals surface area contributed by atoms with E-state index >= 15 is 0 Å². The Balaban J connectivity index is 1.62. The van der Waals surface area contributed by atoms with Crippen LogP contribution in [0.2, 0.25) is 0 Å². The molecule has 0 spiro atoms. The van der Waals surface area contributed by atoms with E-state index in [-0.39, 0.29) is 11.8 Å². The molecule has 1 aliphatic heterocycles. The van der Waals surface area contributed by atoms with E-state index in [1.165, 1.54) is 23.0 Å². The summed E-state index contributed by atoms with van der Waals surface area (Å²) < 4.78 is 4.96. The second kappa shape index (κ2) is 6.58. The predicted octanol–water partition coefficient (Wildman–Crippen LogP) is 2.81. The fraction of sp³-hybridized carbons (Fsp3) is 0.412. The van der Waals surface area contributed by atoms with Gasteiger partial charge in [-0.2, -0.15) is 0 Å². The summed E-state index contributed by atoms with van der Waals surface area (Å²) in [5.74, 6) is 0.0410. The minimum Gasteiger partial charge on any atom is -0.472 e. The van der Waals surface area contributed by atoms with E-state index < -0.39 is 0 Å². The Morgan fingerprint density at radius 1 is 1.17 bits per heavy atom. The van der Waals surface area contributed by atoms with E-state index in [0.29, 0.717) is 31.7 Å². The van der Waals surface area contributed by atoms with Crippen LogP contribution in [0.15, 0.2) is 29.1 Å². The Morgan fingerprint density at radius 2 is 1.83 bits per heavy atom. The van der Waals surface area contributed by atoms with Crippen LogP contribution in [-0.2, 0) is 6.42 Å². The Bertz CT molecular complexity index is 698. The van der Waals surface area contributed by atoms with Crippen molar-refractivity contribution in [3.8, 4) is 0 Å². The molecule has 23 heavy (non-hydrogen) atoms. The third-order valence-electron chi connectivity index (χ3n) is 4.17. The smallest absolute Gasteiger partial charge is 0.264 e. The first-order chi connectivity index (χ1) is 11.1. The maximum Gasteiger partial charge on any atom is 0.264 e. The Hall–Kier alpha value is -2.08. The molecule has 5 nitrogen and oxygen atoms in total. The molecule has 3 rings (SSSR count). The lowest BCUT2D eigenvalue weighted by Gasteiger charge is -2.34. The highest BCUT2D eigenvalue weighted by Crippen LogP contribution is 2.24. The van der Waals surface area contributed by atoms with E-state index in [4.69, 9.17) is 4.42 Å². The normalized spacial score (nSPS) is 15.0. The molecule has 1 fully saturated rings. The van der Waals surface area contributed by atoms with Gasteiger partial charge in [0.25, 0.3) is 11.8 Å². The number of nitrogens with zero attached hydrogens (tertiary/aromatic N) is 2. The summed E-state index contributed by atoms with van der Waals surface area (Å²) in [6.45, 7) is 6.41. The molecule has 0 bridgehead atoms. The number of amides is 2. The van der Waals surface area contributed by atoms with Crippen molar-refractivity contribution in [3.05, 3.63) is 45.5 Å². The van der Waals surface area contributed by atoms with Gasteiger partial charge in [-0.1, -0.05) is 6.92 Å². The molecule has 122 valence electrons. The summed E-state index contributed by atoms with van der Waals surface area (Å²) >= 11 is 1.58. The van der Waals surface area contributed by atoms with Crippen LogP contribution in [0.5, 0.6) is 0 Å². The van der Waals surface area contributed by atoms with Crippen molar-refractivity contribution in [1.82, 2.24) is 9.80 Å². The van der Waals surface area contributed by atoms with Crippen LogP contribution < -0.4 is 0 Å². The lowest BCUT2D eigenvalue weighted by atomic mass is 10.2. The fourth-order valence-corrected chi connectivity index (χ4v) is 3.90. The van der Waals surface area contributed by atoms with Gasteiger partial charge in [0.05, 0.1) is 16.7 Å². The van der Waals surface area contributed by atoms with E-state index in [0.717, 1.165) is 11.3 Å². The molecule has 1 saturated heterocycles.